The van der Waals surface area contributed by atoms with Crippen LogP contribution in [0.15, 0.2) is 0 Å². The number of hydrogen-bond donors (Lipinski definition) is 2. The van der Waals surface area contributed by atoms with E-state index in [1.165, 1.54) is 35.5 Å². The van der Waals surface area contributed by atoms with E-state index in [9.17, 15) is 24.0 Å². The van der Waals surface area contributed by atoms with Crippen LogP contribution in [0.25, 0.3) is 0 Å². The van der Waals surface area contributed by atoms with Crippen molar-refractivity contribution in [2.45, 2.75) is 98.3 Å². The van der Waals surface area contributed by atoms with Crippen molar-refractivity contribution >= 4 is 41.2 Å². The average molecular weight is 533 g/mol. The second-order valence-electron chi connectivity index (χ2n) is 7.49. The number of ketones is 1. The molecule has 10 heteroatoms. The zero-order chi connectivity index (χ0) is 28.7. The Labute approximate surface area is 223 Å². The fourth-order valence-electron chi connectivity index (χ4n) is 3.09. The summed E-state index contributed by atoms with van der Waals surface area (Å²) >= 11 is 1.49. The third-order valence-corrected chi connectivity index (χ3v) is 6.31. The summed E-state index contributed by atoms with van der Waals surface area (Å²) in [5.41, 5.74) is 0. The number of likely N-dealkylation sites (N-methyl/N-ethyl adjacent to an activating group) is 2. The van der Waals surface area contributed by atoms with Gasteiger partial charge in [0.1, 0.15) is 11.8 Å². The lowest BCUT2D eigenvalue weighted by Gasteiger charge is -2.27. The number of nitrogens with one attached hydrogen (secondary N) is 2. The predicted molar refractivity (Wildman–Crippen MR) is 150 cm³/mol. The smallest absolute Gasteiger partial charge is 0.243 e. The van der Waals surface area contributed by atoms with Crippen LogP contribution in [0.1, 0.15) is 87.0 Å². The minimum absolute atomic E-state index is 0.00709. The maximum Gasteiger partial charge on any atom is 0.243 e. The first-order valence-electron chi connectivity index (χ1n) is 13.3. The minimum Gasteiger partial charge on any atom is -0.353 e. The Balaban J connectivity index is -0.00000168. The molecule has 0 saturated carbocycles. The number of nitrogens with zero attached hydrogens (tertiary/aromatic N) is 2. The van der Waals surface area contributed by atoms with Crippen molar-refractivity contribution in [3.63, 3.8) is 0 Å². The van der Waals surface area contributed by atoms with E-state index in [0.717, 1.165) is 18.6 Å². The van der Waals surface area contributed by atoms with Crippen molar-refractivity contribution < 1.29 is 24.0 Å². The molecule has 1 aliphatic heterocycles. The van der Waals surface area contributed by atoms with Crippen molar-refractivity contribution in [1.82, 2.24) is 20.4 Å². The van der Waals surface area contributed by atoms with Crippen molar-refractivity contribution in [3.8, 4) is 0 Å². The van der Waals surface area contributed by atoms with Gasteiger partial charge in [0, 0.05) is 46.4 Å². The molecule has 0 aromatic carbocycles. The maximum absolute atomic E-state index is 12.5. The average Bonchev–Trinajstić information content (AvgIpc) is 3.14. The Morgan fingerprint density at radius 3 is 2.08 bits per heavy atom. The number of imide groups is 1. The summed E-state index contributed by atoms with van der Waals surface area (Å²) in [5.74, 6) is -0.162. The lowest BCUT2D eigenvalue weighted by molar-refractivity contribution is -0.140. The molecule has 2 atom stereocenters. The fraction of sp³-hybridized carbons (Fsp3) is 0.808. The highest BCUT2D eigenvalue weighted by Gasteiger charge is 2.35. The fourth-order valence-corrected chi connectivity index (χ4v) is 4.31. The quantitative estimate of drug-likeness (QED) is 0.261. The summed E-state index contributed by atoms with van der Waals surface area (Å²) in [5, 5.41) is 5.37. The molecule has 0 aromatic heterocycles. The third kappa shape index (κ3) is 15.9. The van der Waals surface area contributed by atoms with Crippen LogP contribution in [0.2, 0.25) is 0 Å². The topological polar surface area (TPSA) is 116 Å². The molecule has 1 saturated heterocycles. The standard InChI is InChI=1S/C20H34N4O5S.3C2H6/c1-14(25)12-15(19(28)22-10-9-21-2)23(3)17(26)8-6-5-7-11-30-16-13-18(27)24(4)20(16)29;3*1-2/h15-16,21H,5-13H2,1-4H3,(H,22,28);3*1-2H3/t15-,16?;;;/m0.../s1. The molecule has 212 valence electrons. The van der Waals surface area contributed by atoms with E-state index in [1.54, 1.807) is 14.1 Å². The van der Waals surface area contributed by atoms with E-state index >= 15 is 0 Å². The van der Waals surface area contributed by atoms with Crippen molar-refractivity contribution in [2.75, 3.05) is 40.0 Å². The van der Waals surface area contributed by atoms with Gasteiger partial charge in [0.25, 0.3) is 0 Å². The minimum atomic E-state index is -0.801. The van der Waals surface area contributed by atoms with Crippen molar-refractivity contribution in [1.29, 1.82) is 0 Å². The molecule has 0 radical (unpaired) electrons. The number of hydrogen-bond acceptors (Lipinski definition) is 7. The number of carbonyl (C=O) groups excluding carboxylic acids is 5. The van der Waals surface area contributed by atoms with Gasteiger partial charge in [0.15, 0.2) is 0 Å². The summed E-state index contributed by atoms with van der Waals surface area (Å²) < 4.78 is 0. The highest BCUT2D eigenvalue weighted by Crippen LogP contribution is 2.25. The van der Waals surface area contributed by atoms with Gasteiger partial charge in [0.2, 0.25) is 23.6 Å². The molecule has 9 nitrogen and oxygen atoms in total. The first-order valence-corrected chi connectivity index (χ1v) is 14.3. The zero-order valence-corrected chi connectivity index (χ0v) is 25.2. The van der Waals surface area contributed by atoms with Crippen LogP contribution in [0, 0.1) is 0 Å². The number of likely N-dealkylation sites (tertiary alicyclic amines) is 1. The van der Waals surface area contributed by atoms with E-state index in [4.69, 9.17) is 0 Å². The monoisotopic (exact) mass is 532 g/mol. The Bertz CT molecular complexity index is 646. The van der Waals surface area contributed by atoms with Gasteiger partial charge in [-0.3, -0.25) is 28.9 Å². The summed E-state index contributed by atoms with van der Waals surface area (Å²) in [6.45, 7) is 14.4. The van der Waals surface area contributed by atoms with Gasteiger partial charge in [-0.25, -0.2) is 0 Å². The molecule has 1 aliphatic rings. The van der Waals surface area contributed by atoms with Crippen LogP contribution in [-0.2, 0) is 24.0 Å². The Morgan fingerprint density at radius 1 is 1.03 bits per heavy atom. The normalized spacial score (nSPS) is 14.8. The highest BCUT2D eigenvalue weighted by atomic mass is 32.2. The largest absolute Gasteiger partial charge is 0.353 e. The van der Waals surface area contributed by atoms with Crippen LogP contribution in [0.5, 0.6) is 0 Å². The Kier molecular flexibility index (Phi) is 26.5. The molecular formula is C26H52N4O5S. The van der Waals surface area contributed by atoms with Gasteiger partial charge in [0.05, 0.1) is 5.25 Å². The van der Waals surface area contributed by atoms with Gasteiger partial charge < -0.3 is 15.5 Å². The maximum atomic E-state index is 12.5. The number of thioether (sulfide) groups is 1. The molecule has 1 heterocycles. The van der Waals surface area contributed by atoms with Gasteiger partial charge in [-0.15, -0.1) is 11.8 Å². The molecule has 0 bridgehead atoms. The summed E-state index contributed by atoms with van der Waals surface area (Å²) in [7, 11) is 4.84. The molecule has 0 spiro atoms. The lowest BCUT2D eigenvalue weighted by atomic mass is 10.1. The SMILES string of the molecule is CC.CC.CC.CNCCNC(=O)[C@H](CC(C)=O)N(C)C(=O)CCCCCSC1CC(=O)N(C)C1=O. The first-order chi connectivity index (χ1) is 17.2. The summed E-state index contributed by atoms with van der Waals surface area (Å²) in [6, 6.07) is -0.801. The van der Waals surface area contributed by atoms with Crippen LogP contribution in [-0.4, -0.2) is 90.5 Å². The van der Waals surface area contributed by atoms with E-state index in [1.807, 2.05) is 41.5 Å². The van der Waals surface area contributed by atoms with Crippen molar-refractivity contribution in [3.05, 3.63) is 0 Å². The summed E-state index contributed by atoms with van der Waals surface area (Å²) in [6.07, 6.45) is 2.86. The molecule has 36 heavy (non-hydrogen) atoms. The molecule has 4 amide bonds. The highest BCUT2D eigenvalue weighted by molar-refractivity contribution is 8.00. The van der Waals surface area contributed by atoms with Crippen LogP contribution in [0.4, 0.5) is 0 Å². The lowest BCUT2D eigenvalue weighted by Crippen LogP contribution is -2.49. The molecule has 2 N–H and O–H groups in total. The number of Topliss-reactive ketones (excluding diaryl/α,β-unsaturated/α-hetero) is 1. The molecule has 1 fully saturated rings. The van der Waals surface area contributed by atoms with Crippen molar-refractivity contribution in [2.24, 2.45) is 0 Å². The van der Waals surface area contributed by atoms with Crippen LogP contribution in [0.3, 0.4) is 0 Å². The molecule has 1 rings (SSSR count). The number of unbranched alkanes of at least 4 members (excludes halogenated alkanes) is 2. The second kappa shape index (κ2) is 24.7. The first kappa shape index (κ1) is 38.6. The Hall–Kier alpha value is -1.94. The van der Waals surface area contributed by atoms with E-state index < -0.39 is 6.04 Å². The molecule has 1 unspecified atom stereocenters. The second-order valence-corrected chi connectivity index (χ2v) is 8.80. The van der Waals surface area contributed by atoms with Gasteiger partial charge in [-0.1, -0.05) is 48.0 Å². The van der Waals surface area contributed by atoms with Crippen LogP contribution < -0.4 is 10.6 Å². The molecular weight excluding hydrogens is 480 g/mol. The van der Waals surface area contributed by atoms with E-state index in [2.05, 4.69) is 10.6 Å². The molecule has 0 aliphatic carbocycles. The van der Waals surface area contributed by atoms with E-state index in [-0.39, 0.29) is 47.5 Å². The van der Waals surface area contributed by atoms with Crippen LogP contribution >= 0.6 is 11.8 Å². The predicted octanol–water partition coefficient (Wildman–Crippen LogP) is 3.26. The Morgan fingerprint density at radius 2 is 1.61 bits per heavy atom. The zero-order valence-electron chi connectivity index (χ0n) is 24.4. The third-order valence-electron chi connectivity index (χ3n) is 5.01. The number of carbonyl (C=O) groups is 5. The number of amides is 4. The van der Waals surface area contributed by atoms with Gasteiger partial charge in [-0.05, 0) is 32.6 Å². The number of rotatable bonds is 14. The van der Waals surface area contributed by atoms with Gasteiger partial charge >= 0.3 is 0 Å². The molecule has 0 aromatic rings. The van der Waals surface area contributed by atoms with Gasteiger partial charge in [-0.2, -0.15) is 0 Å². The van der Waals surface area contributed by atoms with E-state index in [0.29, 0.717) is 25.9 Å². The summed E-state index contributed by atoms with van der Waals surface area (Å²) in [4.78, 5) is 62.3.